The lowest BCUT2D eigenvalue weighted by Gasteiger charge is -2.34. The molecule has 0 aliphatic carbocycles. The SMILES string of the molecule is CCc1nc(C)sc1CNC(=O)N1CCN(Cc2cccc(C)c2)C(=O)C1. The lowest BCUT2D eigenvalue weighted by molar-refractivity contribution is -0.135. The highest BCUT2D eigenvalue weighted by Crippen LogP contribution is 2.18. The van der Waals surface area contributed by atoms with Crippen molar-refractivity contribution >= 4 is 23.3 Å². The molecular weight excluding hydrogens is 360 g/mol. The van der Waals surface area contributed by atoms with Gasteiger partial charge < -0.3 is 15.1 Å². The Bertz CT molecular complexity index is 833. The molecule has 3 amide bonds. The Morgan fingerprint density at radius 2 is 2.11 bits per heavy atom. The molecule has 0 unspecified atom stereocenters. The second-order valence-electron chi connectivity index (χ2n) is 6.84. The minimum Gasteiger partial charge on any atom is -0.335 e. The van der Waals surface area contributed by atoms with Crippen LogP contribution in [-0.4, -0.2) is 46.4 Å². The molecule has 0 atom stereocenters. The van der Waals surface area contributed by atoms with Gasteiger partial charge in [-0.25, -0.2) is 9.78 Å². The average Bonchev–Trinajstić information content (AvgIpc) is 3.01. The first-order valence-electron chi connectivity index (χ1n) is 9.27. The van der Waals surface area contributed by atoms with E-state index in [1.165, 1.54) is 5.56 Å². The first-order valence-corrected chi connectivity index (χ1v) is 10.1. The summed E-state index contributed by atoms with van der Waals surface area (Å²) in [6, 6.07) is 7.98. The number of aryl methyl sites for hydroxylation is 3. The molecule has 1 aliphatic rings. The molecule has 27 heavy (non-hydrogen) atoms. The molecule has 1 fully saturated rings. The van der Waals surface area contributed by atoms with E-state index in [1.807, 2.05) is 36.9 Å². The second kappa shape index (κ2) is 8.52. The van der Waals surface area contributed by atoms with Crippen LogP contribution in [0.1, 0.15) is 33.6 Å². The minimum absolute atomic E-state index is 0.0132. The number of hydrogen-bond acceptors (Lipinski definition) is 4. The summed E-state index contributed by atoms with van der Waals surface area (Å²) >= 11 is 1.61. The molecule has 1 aromatic heterocycles. The topological polar surface area (TPSA) is 65.5 Å². The van der Waals surface area contributed by atoms with Gasteiger partial charge >= 0.3 is 6.03 Å². The molecular formula is C20H26N4O2S. The molecule has 3 rings (SSSR count). The van der Waals surface area contributed by atoms with Crippen molar-refractivity contribution in [1.82, 2.24) is 20.1 Å². The summed E-state index contributed by atoms with van der Waals surface area (Å²) in [5, 5.41) is 3.95. The molecule has 0 bridgehead atoms. The van der Waals surface area contributed by atoms with Gasteiger partial charge in [0.2, 0.25) is 5.91 Å². The number of hydrogen-bond donors (Lipinski definition) is 1. The van der Waals surface area contributed by atoms with Crippen LogP contribution in [-0.2, 0) is 24.3 Å². The molecule has 144 valence electrons. The molecule has 1 saturated heterocycles. The van der Waals surface area contributed by atoms with Gasteiger partial charge in [0.15, 0.2) is 0 Å². The van der Waals surface area contributed by atoms with Crippen LogP contribution in [0.25, 0.3) is 0 Å². The lowest BCUT2D eigenvalue weighted by atomic mass is 10.1. The number of carbonyl (C=O) groups excluding carboxylic acids is 2. The van der Waals surface area contributed by atoms with Gasteiger partial charge in [-0.1, -0.05) is 36.8 Å². The van der Waals surface area contributed by atoms with Crippen molar-refractivity contribution < 1.29 is 9.59 Å². The van der Waals surface area contributed by atoms with Crippen molar-refractivity contribution in [3.05, 3.63) is 51.0 Å². The molecule has 0 spiro atoms. The van der Waals surface area contributed by atoms with Crippen LogP contribution < -0.4 is 5.32 Å². The predicted octanol–water partition coefficient (Wildman–Crippen LogP) is 2.88. The Labute approximate surface area is 164 Å². The molecule has 7 heteroatoms. The zero-order chi connectivity index (χ0) is 19.4. The molecule has 2 aromatic rings. The Balaban J connectivity index is 1.52. The maximum absolute atomic E-state index is 12.5. The fourth-order valence-electron chi connectivity index (χ4n) is 3.27. The number of rotatable bonds is 5. The van der Waals surface area contributed by atoms with Crippen molar-refractivity contribution in [3.8, 4) is 0 Å². The quantitative estimate of drug-likeness (QED) is 0.859. The number of nitrogens with zero attached hydrogens (tertiary/aromatic N) is 3. The zero-order valence-corrected chi connectivity index (χ0v) is 16.9. The van der Waals surface area contributed by atoms with Gasteiger partial charge in [0, 0.05) is 24.5 Å². The summed E-state index contributed by atoms with van der Waals surface area (Å²) in [4.78, 5) is 33.9. The van der Waals surface area contributed by atoms with Crippen LogP contribution in [0.4, 0.5) is 4.79 Å². The fourth-order valence-corrected chi connectivity index (χ4v) is 4.24. The Kier molecular flexibility index (Phi) is 6.11. The summed E-state index contributed by atoms with van der Waals surface area (Å²) in [5.74, 6) is -0.0132. The van der Waals surface area contributed by atoms with Gasteiger partial charge in [-0.2, -0.15) is 0 Å². The highest BCUT2D eigenvalue weighted by molar-refractivity contribution is 7.11. The van der Waals surface area contributed by atoms with Crippen molar-refractivity contribution in [2.24, 2.45) is 0 Å². The van der Waals surface area contributed by atoms with Crippen LogP contribution in [0, 0.1) is 13.8 Å². The van der Waals surface area contributed by atoms with Gasteiger partial charge in [0.05, 0.1) is 17.2 Å². The summed E-state index contributed by atoms with van der Waals surface area (Å²) in [6.07, 6.45) is 0.853. The second-order valence-corrected chi connectivity index (χ2v) is 8.13. The normalized spacial score (nSPS) is 14.6. The summed E-state index contributed by atoms with van der Waals surface area (Å²) < 4.78 is 0. The first-order chi connectivity index (χ1) is 13.0. The third-order valence-electron chi connectivity index (χ3n) is 4.68. The van der Waals surface area contributed by atoms with Crippen LogP contribution >= 0.6 is 11.3 Å². The van der Waals surface area contributed by atoms with E-state index in [0.717, 1.165) is 27.6 Å². The largest absolute Gasteiger partial charge is 0.335 e. The maximum Gasteiger partial charge on any atom is 0.318 e. The van der Waals surface area contributed by atoms with Gasteiger partial charge in [0.1, 0.15) is 6.54 Å². The van der Waals surface area contributed by atoms with E-state index >= 15 is 0 Å². The van der Waals surface area contributed by atoms with E-state index in [0.29, 0.717) is 26.2 Å². The number of nitrogens with one attached hydrogen (secondary N) is 1. The smallest absolute Gasteiger partial charge is 0.318 e. The van der Waals surface area contributed by atoms with E-state index in [9.17, 15) is 9.59 Å². The lowest BCUT2D eigenvalue weighted by Crippen LogP contribution is -2.54. The molecule has 0 saturated carbocycles. The van der Waals surface area contributed by atoms with Gasteiger partial charge in [-0.05, 0) is 25.8 Å². The van der Waals surface area contributed by atoms with E-state index in [2.05, 4.69) is 23.3 Å². The van der Waals surface area contributed by atoms with Crippen molar-refractivity contribution in [1.29, 1.82) is 0 Å². The molecule has 1 aliphatic heterocycles. The third kappa shape index (κ3) is 4.86. The number of aromatic nitrogens is 1. The molecule has 6 nitrogen and oxygen atoms in total. The highest BCUT2D eigenvalue weighted by atomic mass is 32.1. The number of benzene rings is 1. The van der Waals surface area contributed by atoms with E-state index in [-0.39, 0.29) is 18.5 Å². The van der Waals surface area contributed by atoms with Crippen LogP contribution in [0.15, 0.2) is 24.3 Å². The maximum atomic E-state index is 12.5. The predicted molar refractivity (Wildman–Crippen MR) is 107 cm³/mol. The summed E-state index contributed by atoms with van der Waals surface area (Å²) in [6.45, 7) is 8.36. The Morgan fingerprint density at radius 1 is 1.30 bits per heavy atom. The molecule has 0 radical (unpaired) electrons. The van der Waals surface area contributed by atoms with Gasteiger partial charge in [0.25, 0.3) is 0 Å². The monoisotopic (exact) mass is 386 g/mol. The number of carbonyl (C=O) groups is 2. The van der Waals surface area contributed by atoms with Crippen LogP contribution in [0.2, 0.25) is 0 Å². The number of urea groups is 1. The number of amides is 3. The zero-order valence-electron chi connectivity index (χ0n) is 16.1. The highest BCUT2D eigenvalue weighted by Gasteiger charge is 2.27. The van der Waals surface area contributed by atoms with Crippen molar-refractivity contribution in [2.45, 2.75) is 40.3 Å². The fraction of sp³-hybridized carbons (Fsp3) is 0.450. The summed E-state index contributed by atoms with van der Waals surface area (Å²) in [5.41, 5.74) is 3.34. The summed E-state index contributed by atoms with van der Waals surface area (Å²) in [7, 11) is 0. The average molecular weight is 387 g/mol. The molecule has 1 aromatic carbocycles. The molecule has 2 heterocycles. The van der Waals surface area contributed by atoms with Crippen LogP contribution in [0.3, 0.4) is 0 Å². The van der Waals surface area contributed by atoms with Crippen LogP contribution in [0.5, 0.6) is 0 Å². The Morgan fingerprint density at radius 3 is 2.81 bits per heavy atom. The third-order valence-corrected chi connectivity index (χ3v) is 5.70. The number of piperazine rings is 1. The number of thiazole rings is 1. The van der Waals surface area contributed by atoms with Crippen molar-refractivity contribution in [3.63, 3.8) is 0 Å². The van der Waals surface area contributed by atoms with Crippen molar-refractivity contribution in [2.75, 3.05) is 19.6 Å². The Hall–Kier alpha value is -2.41. The standard InChI is InChI=1S/C20H26N4O2S/c1-4-17-18(27-15(3)22-17)11-21-20(26)24-9-8-23(19(25)13-24)12-16-7-5-6-14(2)10-16/h5-7,10H,4,8-9,11-13H2,1-3H3,(H,21,26). The van der Waals surface area contributed by atoms with E-state index in [1.54, 1.807) is 16.2 Å². The minimum atomic E-state index is -0.188. The van der Waals surface area contributed by atoms with E-state index in [4.69, 9.17) is 0 Å². The van der Waals surface area contributed by atoms with Gasteiger partial charge in [-0.15, -0.1) is 11.3 Å². The first kappa shape index (κ1) is 19.4. The van der Waals surface area contributed by atoms with E-state index < -0.39 is 0 Å². The molecule has 1 N–H and O–H groups in total. The van der Waals surface area contributed by atoms with Gasteiger partial charge in [-0.3, -0.25) is 4.79 Å².